The Morgan fingerprint density at radius 2 is 1.97 bits per heavy atom. The third-order valence-corrected chi connectivity index (χ3v) is 5.94. The molecular weight excluding hydrogens is 426 g/mol. The van der Waals surface area contributed by atoms with Gasteiger partial charge in [0.05, 0.1) is 23.3 Å². The first-order valence-electron chi connectivity index (χ1n) is 10.4. The summed E-state index contributed by atoms with van der Waals surface area (Å²) in [5.41, 5.74) is 3.27. The Morgan fingerprint density at radius 1 is 1.19 bits per heavy atom. The molecule has 2 heterocycles. The highest BCUT2D eigenvalue weighted by Crippen LogP contribution is 2.31. The van der Waals surface area contributed by atoms with Gasteiger partial charge in [0.25, 0.3) is 0 Å². The third kappa shape index (κ3) is 4.29. The van der Waals surface area contributed by atoms with Gasteiger partial charge in [-0.25, -0.2) is 9.78 Å². The minimum atomic E-state index is -0.768. The number of carbonyl (C=O) groups is 1. The molecule has 0 aliphatic heterocycles. The highest BCUT2D eigenvalue weighted by atomic mass is 32.1. The van der Waals surface area contributed by atoms with Crippen LogP contribution in [0.2, 0.25) is 0 Å². The second-order valence-electron chi connectivity index (χ2n) is 7.20. The summed E-state index contributed by atoms with van der Waals surface area (Å²) in [5, 5.41) is 2.99. The maximum absolute atomic E-state index is 13.3. The van der Waals surface area contributed by atoms with Crippen LogP contribution in [0.1, 0.15) is 26.3 Å². The van der Waals surface area contributed by atoms with Gasteiger partial charge in [-0.05, 0) is 31.9 Å². The van der Waals surface area contributed by atoms with Gasteiger partial charge in [-0.15, -0.1) is 11.3 Å². The number of thiazole rings is 1. The largest absolute Gasteiger partial charge is 0.479 e. The number of fused-ring (bicyclic) bond motifs is 1. The van der Waals surface area contributed by atoms with E-state index in [1.165, 1.54) is 17.6 Å². The molecule has 2 aromatic carbocycles. The zero-order chi connectivity index (χ0) is 22.7. The summed E-state index contributed by atoms with van der Waals surface area (Å²) in [7, 11) is 0. The lowest BCUT2D eigenvalue weighted by Crippen LogP contribution is -2.26. The van der Waals surface area contributed by atoms with E-state index in [4.69, 9.17) is 13.9 Å². The summed E-state index contributed by atoms with van der Waals surface area (Å²) in [6.45, 7) is 5.62. The van der Waals surface area contributed by atoms with E-state index in [9.17, 15) is 9.59 Å². The van der Waals surface area contributed by atoms with Crippen molar-refractivity contribution in [2.45, 2.75) is 33.3 Å². The van der Waals surface area contributed by atoms with E-state index < -0.39 is 12.1 Å². The number of aryl methyl sites for hydroxylation is 1. The SMILES string of the molecule is CCOC(=O)[C@H](C)Oc1cc2occ(-c3nc(-c4ccccc4)cs3)c(=O)c2cc1CC. The van der Waals surface area contributed by atoms with Crippen LogP contribution in [0.25, 0.3) is 32.8 Å². The Morgan fingerprint density at radius 3 is 2.69 bits per heavy atom. The van der Waals surface area contributed by atoms with Gasteiger partial charge in [-0.1, -0.05) is 37.3 Å². The number of benzene rings is 2. The Bertz CT molecular complexity index is 1310. The minimum Gasteiger partial charge on any atom is -0.479 e. The van der Waals surface area contributed by atoms with Crippen molar-refractivity contribution in [3.8, 4) is 27.6 Å². The van der Waals surface area contributed by atoms with Crippen molar-refractivity contribution in [1.82, 2.24) is 4.98 Å². The Hall–Kier alpha value is -3.45. The van der Waals surface area contributed by atoms with Crippen LogP contribution in [0.3, 0.4) is 0 Å². The van der Waals surface area contributed by atoms with Crippen LogP contribution in [0, 0.1) is 0 Å². The van der Waals surface area contributed by atoms with Crippen LogP contribution in [0.15, 0.2) is 63.3 Å². The standard InChI is InChI=1S/C25H23NO5S/c1-4-16-11-18-22(12-21(16)31-15(3)25(28)29-5-2)30-13-19(23(18)27)24-26-20(14-32-24)17-9-7-6-8-10-17/h6-15H,4-5H2,1-3H3/t15-/m0/s1. The molecule has 0 bridgehead atoms. The normalized spacial score (nSPS) is 12.0. The Balaban J connectivity index is 1.71. The molecule has 2 aromatic heterocycles. The predicted molar refractivity (Wildman–Crippen MR) is 125 cm³/mol. The van der Waals surface area contributed by atoms with Crippen molar-refractivity contribution < 1.29 is 18.7 Å². The number of aromatic nitrogens is 1. The number of hydrogen-bond acceptors (Lipinski definition) is 7. The Labute approximate surface area is 189 Å². The van der Waals surface area contributed by atoms with E-state index in [2.05, 4.69) is 4.98 Å². The topological polar surface area (TPSA) is 78.6 Å². The first kappa shape index (κ1) is 21.8. The van der Waals surface area contributed by atoms with Gasteiger partial charge in [0.2, 0.25) is 5.43 Å². The lowest BCUT2D eigenvalue weighted by Gasteiger charge is -2.16. The number of nitrogens with zero attached hydrogens (tertiary/aromatic N) is 1. The maximum atomic E-state index is 13.3. The molecule has 0 N–H and O–H groups in total. The van der Waals surface area contributed by atoms with Crippen molar-refractivity contribution in [3.05, 3.63) is 69.9 Å². The molecule has 4 rings (SSSR count). The third-order valence-electron chi connectivity index (χ3n) is 5.06. The molecule has 0 unspecified atom stereocenters. The highest BCUT2D eigenvalue weighted by molar-refractivity contribution is 7.13. The van der Waals surface area contributed by atoms with Crippen molar-refractivity contribution >= 4 is 28.3 Å². The van der Waals surface area contributed by atoms with E-state index in [1.54, 1.807) is 26.0 Å². The van der Waals surface area contributed by atoms with Gasteiger partial charge in [0.15, 0.2) is 6.10 Å². The van der Waals surface area contributed by atoms with Crippen LogP contribution >= 0.6 is 11.3 Å². The number of rotatable bonds is 7. The lowest BCUT2D eigenvalue weighted by atomic mass is 10.1. The number of ether oxygens (including phenoxy) is 2. The molecule has 0 spiro atoms. The first-order chi connectivity index (χ1) is 15.5. The minimum absolute atomic E-state index is 0.153. The fraction of sp³-hybridized carbons (Fsp3) is 0.240. The molecule has 6 nitrogen and oxygen atoms in total. The van der Waals surface area contributed by atoms with Crippen molar-refractivity contribution in [3.63, 3.8) is 0 Å². The second-order valence-corrected chi connectivity index (χ2v) is 8.06. The lowest BCUT2D eigenvalue weighted by molar-refractivity contribution is -0.150. The van der Waals surface area contributed by atoms with Crippen LogP contribution in [0.5, 0.6) is 5.75 Å². The van der Waals surface area contributed by atoms with Crippen molar-refractivity contribution in [2.24, 2.45) is 0 Å². The van der Waals surface area contributed by atoms with E-state index in [0.29, 0.717) is 33.7 Å². The molecule has 4 aromatic rings. The van der Waals surface area contributed by atoms with Gasteiger partial charge in [0.1, 0.15) is 22.6 Å². The van der Waals surface area contributed by atoms with Crippen LogP contribution < -0.4 is 10.2 Å². The fourth-order valence-corrected chi connectivity index (χ4v) is 4.20. The number of hydrogen-bond donors (Lipinski definition) is 0. The number of esters is 1. The zero-order valence-electron chi connectivity index (χ0n) is 18.1. The molecule has 0 aliphatic rings. The monoisotopic (exact) mass is 449 g/mol. The van der Waals surface area contributed by atoms with E-state index in [1.807, 2.05) is 42.6 Å². The molecule has 0 radical (unpaired) electrons. The summed E-state index contributed by atoms with van der Waals surface area (Å²) >= 11 is 1.40. The van der Waals surface area contributed by atoms with Gasteiger partial charge in [-0.3, -0.25) is 4.79 Å². The zero-order valence-corrected chi connectivity index (χ0v) is 18.9. The quantitative estimate of drug-likeness (QED) is 0.348. The van der Waals surface area contributed by atoms with E-state index >= 15 is 0 Å². The molecule has 0 fully saturated rings. The average molecular weight is 450 g/mol. The van der Waals surface area contributed by atoms with Gasteiger partial charge < -0.3 is 13.9 Å². The van der Waals surface area contributed by atoms with Crippen LogP contribution in [-0.4, -0.2) is 23.7 Å². The van der Waals surface area contributed by atoms with Gasteiger partial charge >= 0.3 is 5.97 Å². The summed E-state index contributed by atoms with van der Waals surface area (Å²) < 4.78 is 16.6. The maximum Gasteiger partial charge on any atom is 0.347 e. The van der Waals surface area contributed by atoms with Crippen LogP contribution in [0.4, 0.5) is 0 Å². The molecule has 0 amide bonds. The van der Waals surface area contributed by atoms with Gasteiger partial charge in [0, 0.05) is 17.0 Å². The number of carbonyl (C=O) groups excluding carboxylic acids is 1. The second kappa shape index (κ2) is 9.36. The molecule has 0 saturated heterocycles. The fourth-order valence-electron chi connectivity index (χ4n) is 3.37. The van der Waals surface area contributed by atoms with Crippen molar-refractivity contribution in [2.75, 3.05) is 6.61 Å². The first-order valence-corrected chi connectivity index (χ1v) is 11.3. The molecule has 7 heteroatoms. The predicted octanol–water partition coefficient (Wildman–Crippen LogP) is 5.48. The molecule has 1 atom stereocenters. The van der Waals surface area contributed by atoms with E-state index in [-0.39, 0.29) is 12.0 Å². The molecule has 0 aliphatic carbocycles. The summed E-state index contributed by atoms with van der Waals surface area (Å²) in [5.74, 6) is 0.0570. The van der Waals surface area contributed by atoms with Crippen molar-refractivity contribution in [1.29, 1.82) is 0 Å². The highest BCUT2D eigenvalue weighted by Gasteiger charge is 2.20. The summed E-state index contributed by atoms with van der Waals surface area (Å²) in [6.07, 6.45) is 1.29. The average Bonchev–Trinajstić information content (AvgIpc) is 3.30. The molecular formula is C25H23NO5S. The Kier molecular flexibility index (Phi) is 6.37. The van der Waals surface area contributed by atoms with Crippen LogP contribution in [-0.2, 0) is 16.0 Å². The summed E-state index contributed by atoms with van der Waals surface area (Å²) in [6, 6.07) is 13.2. The van der Waals surface area contributed by atoms with Gasteiger partial charge in [-0.2, -0.15) is 0 Å². The smallest absolute Gasteiger partial charge is 0.347 e. The van der Waals surface area contributed by atoms with E-state index in [0.717, 1.165) is 16.8 Å². The molecule has 0 saturated carbocycles. The molecule has 32 heavy (non-hydrogen) atoms. The molecule has 164 valence electrons. The summed E-state index contributed by atoms with van der Waals surface area (Å²) in [4.78, 5) is 29.8.